The zero-order valence-electron chi connectivity index (χ0n) is 24.2. The van der Waals surface area contributed by atoms with Gasteiger partial charge in [-0.25, -0.2) is 15.0 Å². The van der Waals surface area contributed by atoms with Crippen molar-refractivity contribution in [1.82, 2.24) is 35.1 Å². The van der Waals surface area contributed by atoms with Gasteiger partial charge in [0.05, 0.1) is 13.7 Å². The zero-order chi connectivity index (χ0) is 29.2. The first kappa shape index (κ1) is 29.8. The number of amides is 2. The number of methoxy groups -OCH3 is 1. The smallest absolute Gasteiger partial charge is 0.242 e. The van der Waals surface area contributed by atoms with Crippen molar-refractivity contribution in [3.8, 4) is 22.9 Å². The third-order valence-corrected chi connectivity index (χ3v) is 6.73. The lowest BCUT2D eigenvalue weighted by molar-refractivity contribution is -0.130. The van der Waals surface area contributed by atoms with Gasteiger partial charge in [-0.15, -0.1) is 0 Å². The zero-order valence-corrected chi connectivity index (χ0v) is 24.2. The highest BCUT2D eigenvalue weighted by Crippen LogP contribution is 2.32. The van der Waals surface area contributed by atoms with Crippen LogP contribution in [0.3, 0.4) is 0 Å². The standard InChI is InChI=1S/C29H40N8O4/c1-5-8-32-29-33-16-21(17-34-29)18-36-13-14-41-24-15-22(6-7-23(24)40-4)27-30-9-11-37(27)12-10-31-28(39)26(20(2)3)35-25(38)19-36/h6-7,9,11,15-17,20,26H,5,8,10,12-14,18-19H2,1-4H3,(H,31,39)(H,35,38)(H,32,33,34)/t26-/m1/s1. The van der Waals surface area contributed by atoms with Crippen molar-refractivity contribution in [2.24, 2.45) is 5.92 Å². The second-order valence-electron chi connectivity index (χ2n) is 10.3. The number of anilines is 1. The van der Waals surface area contributed by atoms with Gasteiger partial charge in [0.1, 0.15) is 18.5 Å². The fourth-order valence-corrected chi connectivity index (χ4v) is 4.57. The summed E-state index contributed by atoms with van der Waals surface area (Å²) >= 11 is 0. The van der Waals surface area contributed by atoms with E-state index in [0.717, 1.165) is 29.9 Å². The van der Waals surface area contributed by atoms with Crippen LogP contribution >= 0.6 is 0 Å². The molecule has 0 saturated heterocycles. The van der Waals surface area contributed by atoms with Gasteiger partial charge >= 0.3 is 0 Å². The first-order valence-corrected chi connectivity index (χ1v) is 14.0. The van der Waals surface area contributed by atoms with Crippen LogP contribution in [0.25, 0.3) is 11.4 Å². The number of nitrogens with zero attached hydrogens (tertiary/aromatic N) is 5. The van der Waals surface area contributed by atoms with Gasteiger partial charge in [-0.05, 0) is 30.5 Å². The van der Waals surface area contributed by atoms with Gasteiger partial charge in [0.2, 0.25) is 17.8 Å². The van der Waals surface area contributed by atoms with Crippen molar-refractivity contribution in [3.05, 3.63) is 48.5 Å². The number of benzene rings is 1. The van der Waals surface area contributed by atoms with E-state index in [9.17, 15) is 9.59 Å². The normalized spacial score (nSPS) is 17.1. The molecule has 0 fully saturated rings. The summed E-state index contributed by atoms with van der Waals surface area (Å²) in [6.45, 7) is 8.84. The van der Waals surface area contributed by atoms with E-state index in [0.29, 0.717) is 50.2 Å². The Morgan fingerprint density at radius 2 is 1.98 bits per heavy atom. The van der Waals surface area contributed by atoms with Gasteiger partial charge in [-0.1, -0.05) is 20.8 Å². The fraction of sp³-hybridized carbons (Fsp3) is 0.483. The number of rotatable bonds is 7. The van der Waals surface area contributed by atoms with Crippen molar-refractivity contribution in [3.63, 3.8) is 0 Å². The lowest BCUT2D eigenvalue weighted by Crippen LogP contribution is -2.52. The van der Waals surface area contributed by atoms with Gasteiger partial charge in [-0.2, -0.15) is 0 Å². The number of imidazole rings is 1. The Bertz CT molecular complexity index is 1290. The molecule has 1 atom stereocenters. The molecule has 0 spiro atoms. The van der Waals surface area contributed by atoms with E-state index in [2.05, 4.69) is 37.8 Å². The summed E-state index contributed by atoms with van der Waals surface area (Å²) in [4.78, 5) is 41.5. The molecular weight excluding hydrogens is 524 g/mol. The fourth-order valence-electron chi connectivity index (χ4n) is 4.57. The second-order valence-corrected chi connectivity index (χ2v) is 10.3. The van der Waals surface area contributed by atoms with Crippen molar-refractivity contribution in [1.29, 1.82) is 0 Å². The minimum Gasteiger partial charge on any atom is -0.493 e. The highest BCUT2D eigenvalue weighted by molar-refractivity contribution is 5.88. The van der Waals surface area contributed by atoms with Crippen LogP contribution in [0.4, 0.5) is 5.95 Å². The lowest BCUT2D eigenvalue weighted by Gasteiger charge is -2.25. The lowest BCUT2D eigenvalue weighted by atomic mass is 10.0. The predicted molar refractivity (Wildman–Crippen MR) is 156 cm³/mol. The van der Waals surface area contributed by atoms with E-state index in [4.69, 9.17) is 9.47 Å². The van der Waals surface area contributed by atoms with Gasteiger partial charge in [-0.3, -0.25) is 14.5 Å². The maximum absolute atomic E-state index is 13.2. The molecule has 1 aromatic carbocycles. The number of carbonyl (C=O) groups excluding carboxylic acids is 2. The molecule has 41 heavy (non-hydrogen) atoms. The highest BCUT2D eigenvalue weighted by Gasteiger charge is 2.25. The van der Waals surface area contributed by atoms with Crippen molar-refractivity contribution < 1.29 is 19.1 Å². The Morgan fingerprint density at radius 1 is 1.17 bits per heavy atom. The van der Waals surface area contributed by atoms with Gasteiger partial charge in [0.25, 0.3) is 0 Å². The molecule has 0 aliphatic carbocycles. The van der Waals surface area contributed by atoms with Crippen LogP contribution in [-0.4, -0.2) is 82.2 Å². The Morgan fingerprint density at radius 3 is 2.71 bits per heavy atom. The molecule has 4 rings (SSSR count). The third-order valence-electron chi connectivity index (χ3n) is 6.73. The summed E-state index contributed by atoms with van der Waals surface area (Å²) in [6.07, 6.45) is 8.08. The van der Waals surface area contributed by atoms with Crippen LogP contribution in [-0.2, 0) is 22.7 Å². The molecule has 12 nitrogen and oxygen atoms in total. The molecule has 0 saturated carbocycles. The topological polar surface area (TPSA) is 136 Å². The molecule has 2 amide bonds. The number of nitrogens with one attached hydrogen (secondary N) is 3. The van der Waals surface area contributed by atoms with E-state index in [1.54, 1.807) is 25.7 Å². The molecule has 1 aliphatic rings. The molecule has 2 bridgehead atoms. The maximum Gasteiger partial charge on any atom is 0.242 e. The summed E-state index contributed by atoms with van der Waals surface area (Å²) in [7, 11) is 1.60. The minimum absolute atomic E-state index is 0.0717. The van der Waals surface area contributed by atoms with Crippen LogP contribution in [0.15, 0.2) is 43.0 Å². The predicted octanol–water partition coefficient (Wildman–Crippen LogP) is 2.32. The average Bonchev–Trinajstić information content (AvgIpc) is 3.43. The van der Waals surface area contributed by atoms with E-state index in [-0.39, 0.29) is 24.3 Å². The van der Waals surface area contributed by atoms with E-state index in [1.807, 2.05) is 47.7 Å². The number of ether oxygens (including phenoxy) is 2. The number of carbonyl (C=O) groups is 2. The summed E-state index contributed by atoms with van der Waals surface area (Å²) in [5, 5.41) is 9.07. The van der Waals surface area contributed by atoms with Crippen LogP contribution in [0, 0.1) is 5.92 Å². The molecule has 1 aliphatic heterocycles. The molecule has 3 aromatic rings. The average molecular weight is 565 g/mol. The number of fused-ring (bicyclic) bond motifs is 4. The molecule has 3 N–H and O–H groups in total. The monoisotopic (exact) mass is 564 g/mol. The number of hydrogen-bond donors (Lipinski definition) is 3. The quantitative estimate of drug-likeness (QED) is 0.395. The highest BCUT2D eigenvalue weighted by atomic mass is 16.5. The Labute approximate surface area is 240 Å². The third kappa shape index (κ3) is 8.16. The van der Waals surface area contributed by atoms with Crippen LogP contribution in [0.5, 0.6) is 11.5 Å². The first-order chi connectivity index (χ1) is 19.9. The summed E-state index contributed by atoms with van der Waals surface area (Å²) < 4.78 is 13.7. The molecule has 0 radical (unpaired) electrons. The molecule has 220 valence electrons. The van der Waals surface area contributed by atoms with Crippen LogP contribution < -0.4 is 25.4 Å². The van der Waals surface area contributed by atoms with E-state index < -0.39 is 6.04 Å². The summed E-state index contributed by atoms with van der Waals surface area (Å²) in [5.74, 6) is 1.95. The molecule has 3 heterocycles. The van der Waals surface area contributed by atoms with Crippen molar-refractivity contribution in [2.75, 3.05) is 45.2 Å². The largest absolute Gasteiger partial charge is 0.493 e. The van der Waals surface area contributed by atoms with E-state index >= 15 is 0 Å². The van der Waals surface area contributed by atoms with Gasteiger partial charge < -0.3 is 30.0 Å². The van der Waals surface area contributed by atoms with Crippen molar-refractivity contribution in [2.45, 2.75) is 46.3 Å². The Kier molecular flexibility index (Phi) is 10.5. The SMILES string of the molecule is CCCNc1ncc(CN2CCOc3cc(ccc3OC)-c3nccn3CCNC(=O)[C@@H](C(C)C)NC(=O)C2)cn1. The Hall–Kier alpha value is -4.19. The Balaban J connectivity index is 1.59. The number of aromatic nitrogens is 4. The summed E-state index contributed by atoms with van der Waals surface area (Å²) in [5.41, 5.74) is 1.72. The molecular formula is C29H40N8O4. The maximum atomic E-state index is 13.2. The molecule has 12 heteroatoms. The minimum atomic E-state index is -0.662. The first-order valence-electron chi connectivity index (χ1n) is 14.0. The second kappa shape index (κ2) is 14.4. The number of hydrogen-bond acceptors (Lipinski definition) is 9. The summed E-state index contributed by atoms with van der Waals surface area (Å²) in [6, 6.07) is 5.02. The molecule has 0 unspecified atom stereocenters. The van der Waals surface area contributed by atoms with E-state index in [1.165, 1.54) is 0 Å². The van der Waals surface area contributed by atoms with Crippen LogP contribution in [0.2, 0.25) is 0 Å². The molecule has 2 aromatic heterocycles. The van der Waals surface area contributed by atoms with Gasteiger partial charge in [0.15, 0.2) is 11.5 Å². The van der Waals surface area contributed by atoms with Crippen LogP contribution in [0.1, 0.15) is 32.8 Å². The van der Waals surface area contributed by atoms with Crippen molar-refractivity contribution >= 4 is 17.8 Å². The van der Waals surface area contributed by atoms with Gasteiger partial charge in [0, 0.05) is 68.6 Å².